The number of alkyl halides is 3. The standard InChI is InChI=1S/C33H27ClF3N3O4/c1-19(20-3-5-21(6-4-20)32(43)38-14-13-31(41)42)40-30(25-8-7-23-16-26(44-2)11-9-22(23)15-25)18-29(39-40)24-10-12-27(28(34)17-24)33(35,36)37/h3-12,15-19H,13-14H2,1-2H3,(H,38,43)(H,41,42). The lowest BCUT2D eigenvalue weighted by molar-refractivity contribution is -0.138. The Morgan fingerprint density at radius 3 is 2.30 bits per heavy atom. The van der Waals surface area contributed by atoms with Crippen molar-refractivity contribution in [3.05, 3.63) is 107 Å². The van der Waals surface area contributed by atoms with Crippen LogP contribution in [0.25, 0.3) is 33.3 Å². The normalized spacial score (nSPS) is 12.2. The number of hydrogen-bond acceptors (Lipinski definition) is 4. The molecule has 0 saturated heterocycles. The van der Waals surface area contributed by atoms with Gasteiger partial charge < -0.3 is 15.2 Å². The SMILES string of the molecule is COc1ccc2cc(-c3cc(-c4ccc(C(F)(F)F)c(Cl)c4)nn3C(C)c3ccc(C(=O)NCCC(=O)O)cc3)ccc2c1. The Bertz CT molecular complexity index is 1850. The average Bonchev–Trinajstić information content (AvgIpc) is 3.45. The summed E-state index contributed by atoms with van der Waals surface area (Å²) in [6.07, 6.45) is -4.76. The molecule has 0 aliphatic carbocycles. The maximum Gasteiger partial charge on any atom is 0.417 e. The molecule has 1 amide bonds. The summed E-state index contributed by atoms with van der Waals surface area (Å²) in [4.78, 5) is 23.2. The van der Waals surface area contributed by atoms with Gasteiger partial charge in [-0.25, -0.2) is 0 Å². The number of aromatic nitrogens is 2. The zero-order valence-corrected chi connectivity index (χ0v) is 24.4. The van der Waals surface area contributed by atoms with Gasteiger partial charge in [-0.3, -0.25) is 14.3 Å². The molecular weight excluding hydrogens is 595 g/mol. The molecule has 0 radical (unpaired) electrons. The molecule has 5 aromatic rings. The van der Waals surface area contributed by atoms with E-state index in [4.69, 9.17) is 26.5 Å². The molecular formula is C33H27ClF3N3O4. The topological polar surface area (TPSA) is 93.5 Å². The molecule has 0 spiro atoms. The molecule has 0 aliphatic heterocycles. The minimum Gasteiger partial charge on any atom is -0.497 e. The van der Waals surface area contributed by atoms with Gasteiger partial charge in [0.25, 0.3) is 5.91 Å². The van der Waals surface area contributed by atoms with Gasteiger partial charge in [0, 0.05) is 23.2 Å². The zero-order chi connectivity index (χ0) is 31.6. The summed E-state index contributed by atoms with van der Waals surface area (Å²) in [6, 6.07) is 23.5. The summed E-state index contributed by atoms with van der Waals surface area (Å²) >= 11 is 6.04. The Morgan fingerprint density at radius 2 is 1.64 bits per heavy atom. The van der Waals surface area contributed by atoms with Crippen LogP contribution < -0.4 is 10.1 Å². The van der Waals surface area contributed by atoms with Gasteiger partial charge in [0.15, 0.2) is 0 Å². The van der Waals surface area contributed by atoms with Crippen LogP contribution in [0.5, 0.6) is 5.75 Å². The Hall–Kier alpha value is -4.83. The number of amides is 1. The minimum absolute atomic E-state index is 0.0122. The molecule has 11 heteroatoms. The number of carbonyl (C=O) groups excluding carboxylic acids is 1. The predicted molar refractivity (Wildman–Crippen MR) is 162 cm³/mol. The zero-order valence-electron chi connectivity index (χ0n) is 23.7. The number of carboxylic acids is 1. The van der Waals surface area contributed by atoms with Crippen LogP contribution in [0.2, 0.25) is 5.02 Å². The Labute approximate surface area is 255 Å². The van der Waals surface area contributed by atoms with Crippen LogP contribution in [-0.4, -0.2) is 40.4 Å². The van der Waals surface area contributed by atoms with Gasteiger partial charge in [-0.1, -0.05) is 48.0 Å². The third-order valence-electron chi connectivity index (χ3n) is 7.30. The van der Waals surface area contributed by atoms with Crippen LogP contribution in [0.3, 0.4) is 0 Å². The second-order valence-electron chi connectivity index (χ2n) is 10.2. The first-order valence-corrected chi connectivity index (χ1v) is 14.0. The van der Waals surface area contributed by atoms with Crippen molar-refractivity contribution in [2.24, 2.45) is 0 Å². The number of carbonyl (C=O) groups is 2. The highest BCUT2D eigenvalue weighted by Gasteiger charge is 2.33. The third-order valence-corrected chi connectivity index (χ3v) is 7.61. The number of ether oxygens (including phenoxy) is 1. The molecule has 0 aliphatic rings. The molecule has 0 fully saturated rings. The maximum atomic E-state index is 13.4. The van der Waals surface area contributed by atoms with Gasteiger partial charge in [-0.2, -0.15) is 18.3 Å². The lowest BCUT2D eigenvalue weighted by atomic mass is 10.0. The lowest BCUT2D eigenvalue weighted by Crippen LogP contribution is -2.26. The van der Waals surface area contributed by atoms with Gasteiger partial charge in [0.1, 0.15) is 5.75 Å². The van der Waals surface area contributed by atoms with Crippen LogP contribution in [-0.2, 0) is 11.0 Å². The molecule has 0 bridgehead atoms. The first-order chi connectivity index (χ1) is 20.9. The monoisotopic (exact) mass is 621 g/mol. The smallest absolute Gasteiger partial charge is 0.417 e. The molecule has 5 rings (SSSR count). The molecule has 2 N–H and O–H groups in total. The molecule has 226 valence electrons. The van der Waals surface area contributed by atoms with E-state index in [1.54, 1.807) is 36.1 Å². The molecule has 7 nitrogen and oxygen atoms in total. The third kappa shape index (κ3) is 6.55. The van der Waals surface area contributed by atoms with Crippen LogP contribution >= 0.6 is 11.6 Å². The van der Waals surface area contributed by atoms with Gasteiger partial charge in [-0.05, 0) is 71.8 Å². The van der Waals surface area contributed by atoms with Crippen molar-refractivity contribution in [3.63, 3.8) is 0 Å². The molecule has 1 unspecified atom stereocenters. The fourth-order valence-corrected chi connectivity index (χ4v) is 5.19. The van der Waals surface area contributed by atoms with Crippen molar-refractivity contribution >= 4 is 34.2 Å². The number of rotatable bonds is 9. The fourth-order valence-electron chi connectivity index (χ4n) is 4.90. The number of benzene rings is 4. The Balaban J connectivity index is 1.54. The van der Waals surface area contributed by atoms with Crippen molar-refractivity contribution in [2.45, 2.75) is 25.6 Å². The van der Waals surface area contributed by atoms with E-state index in [1.165, 1.54) is 12.1 Å². The van der Waals surface area contributed by atoms with E-state index in [0.29, 0.717) is 16.8 Å². The fraction of sp³-hybridized carbons (Fsp3) is 0.182. The number of hydrogen-bond donors (Lipinski definition) is 2. The van der Waals surface area contributed by atoms with E-state index in [2.05, 4.69) is 5.32 Å². The van der Waals surface area contributed by atoms with E-state index in [0.717, 1.165) is 39.4 Å². The number of aliphatic carboxylic acids is 1. The van der Waals surface area contributed by atoms with E-state index in [-0.39, 0.29) is 24.9 Å². The van der Waals surface area contributed by atoms with Gasteiger partial charge in [-0.15, -0.1) is 0 Å². The highest BCUT2D eigenvalue weighted by atomic mass is 35.5. The summed E-state index contributed by atoms with van der Waals surface area (Å²) in [7, 11) is 1.60. The van der Waals surface area contributed by atoms with Crippen molar-refractivity contribution in [2.75, 3.05) is 13.7 Å². The predicted octanol–water partition coefficient (Wildman–Crippen LogP) is 7.86. The van der Waals surface area contributed by atoms with Crippen LogP contribution in [0.15, 0.2) is 84.9 Å². The lowest BCUT2D eigenvalue weighted by Gasteiger charge is -2.17. The minimum atomic E-state index is -4.58. The van der Waals surface area contributed by atoms with Crippen molar-refractivity contribution < 1.29 is 32.6 Å². The molecule has 4 aromatic carbocycles. The number of methoxy groups -OCH3 is 1. The van der Waals surface area contributed by atoms with Crippen LogP contribution in [0.4, 0.5) is 13.2 Å². The Morgan fingerprint density at radius 1 is 0.955 bits per heavy atom. The van der Waals surface area contributed by atoms with Crippen molar-refractivity contribution in [1.29, 1.82) is 0 Å². The average molecular weight is 622 g/mol. The number of nitrogens with zero attached hydrogens (tertiary/aromatic N) is 2. The van der Waals surface area contributed by atoms with Gasteiger partial charge in [0.2, 0.25) is 0 Å². The van der Waals surface area contributed by atoms with Crippen LogP contribution in [0.1, 0.15) is 40.9 Å². The molecule has 44 heavy (non-hydrogen) atoms. The Kier molecular flexibility index (Phi) is 8.64. The first kappa shape index (κ1) is 30.6. The van der Waals surface area contributed by atoms with Crippen LogP contribution in [0, 0.1) is 0 Å². The molecule has 1 aromatic heterocycles. The highest BCUT2D eigenvalue weighted by Crippen LogP contribution is 2.38. The summed E-state index contributed by atoms with van der Waals surface area (Å²) in [5, 5.41) is 17.7. The maximum absolute atomic E-state index is 13.4. The van der Waals surface area contributed by atoms with E-state index in [9.17, 15) is 22.8 Å². The van der Waals surface area contributed by atoms with Crippen molar-refractivity contribution in [1.82, 2.24) is 15.1 Å². The number of fused-ring (bicyclic) bond motifs is 1. The summed E-state index contributed by atoms with van der Waals surface area (Å²) in [5.41, 5.74) is 2.68. The second-order valence-corrected chi connectivity index (χ2v) is 10.6. The summed E-state index contributed by atoms with van der Waals surface area (Å²) in [5.74, 6) is -0.669. The highest BCUT2D eigenvalue weighted by molar-refractivity contribution is 6.31. The van der Waals surface area contributed by atoms with Gasteiger partial charge >= 0.3 is 12.1 Å². The summed E-state index contributed by atoms with van der Waals surface area (Å²) < 4.78 is 47.2. The van der Waals surface area contributed by atoms with Crippen molar-refractivity contribution in [3.8, 4) is 28.3 Å². The second kappa shape index (κ2) is 12.4. The number of carboxylic acid groups (broad SMARTS) is 1. The molecule has 1 atom stereocenters. The largest absolute Gasteiger partial charge is 0.497 e. The molecule has 0 saturated carbocycles. The van der Waals surface area contributed by atoms with Gasteiger partial charge in [0.05, 0.1) is 41.5 Å². The number of nitrogens with one attached hydrogen (secondary N) is 1. The summed E-state index contributed by atoms with van der Waals surface area (Å²) in [6.45, 7) is 1.94. The quantitative estimate of drug-likeness (QED) is 0.175. The van der Waals surface area contributed by atoms with E-state index in [1.807, 2.05) is 49.4 Å². The first-order valence-electron chi connectivity index (χ1n) is 13.6. The number of halogens is 4. The van der Waals surface area contributed by atoms with E-state index >= 15 is 0 Å². The molecule has 1 heterocycles. The van der Waals surface area contributed by atoms with E-state index < -0.39 is 22.7 Å².